The molecule has 0 aliphatic carbocycles. The minimum Gasteiger partial charge on any atom is -0.217 e. The minimum absolute atomic E-state index is 0. The van der Waals surface area contributed by atoms with E-state index in [0.717, 1.165) is 72.3 Å². The van der Waals surface area contributed by atoms with Gasteiger partial charge in [-0.25, -0.2) is 14.5 Å². The summed E-state index contributed by atoms with van der Waals surface area (Å²) in [5.41, 5.74) is 0. The third-order valence-corrected chi connectivity index (χ3v) is 5.93. The van der Waals surface area contributed by atoms with Crippen molar-refractivity contribution in [2.75, 3.05) is 0 Å². The van der Waals surface area contributed by atoms with Crippen molar-refractivity contribution in [3.63, 3.8) is 0 Å². The normalized spacial score (nSPS) is 25.9. The topological polar surface area (TPSA) is 63.6 Å². The average molecular weight is 397 g/mol. The largest absolute Gasteiger partial charge is 0.400 e. The number of rotatable bonds is 0. The third-order valence-electron chi connectivity index (χ3n) is 5.93. The van der Waals surface area contributed by atoms with E-state index < -0.39 is 5.91 Å². The van der Waals surface area contributed by atoms with Crippen molar-refractivity contribution in [1.82, 2.24) is 9.47 Å². The first-order chi connectivity index (χ1) is 12.2. The van der Waals surface area contributed by atoms with E-state index in [1.54, 1.807) is 0 Å². The van der Waals surface area contributed by atoms with Gasteiger partial charge in [-0.2, -0.15) is 9.15 Å². The van der Waals surface area contributed by atoms with Gasteiger partial charge in [-0.3, -0.25) is 0 Å². The lowest BCUT2D eigenvalue weighted by atomic mass is 10.2. The molecule has 1 spiro atoms. The molecule has 0 radical (unpaired) electrons. The SMILES string of the molecule is C.C.C.C.CC1=NC2=[N+]3C(=NC4=[N+]5C(=Nc6ccc7n6[C@@]35N1C(C)=N7)CC4)CC2. The zero-order valence-corrected chi connectivity index (χ0v) is 14.1. The Morgan fingerprint density at radius 1 is 0.724 bits per heavy atom. The number of aromatic nitrogens is 1. The molecule has 6 aliphatic rings. The van der Waals surface area contributed by atoms with Crippen LogP contribution in [-0.4, -0.2) is 53.6 Å². The third kappa shape index (κ3) is 1.89. The standard InChI is InChI=1S/C17H16N8.4CH4/c1-9-18-11-3-5-13-20-15-7-8-16-21-14-6-4-12-19-10(2)22(9)17(23(11)13,24(12)14)25(15)16;;;;/h3,5H,4,6-8H2,1-2H3;4*1H4/q+2;;;;/t17-;;;;/m0..../s1. The van der Waals surface area contributed by atoms with Crippen LogP contribution in [0.4, 0.5) is 11.6 Å². The lowest BCUT2D eigenvalue weighted by Gasteiger charge is -2.48. The fraction of sp³-hybridized carbons (Fsp3) is 0.524. The lowest BCUT2D eigenvalue weighted by molar-refractivity contribution is -0.805. The van der Waals surface area contributed by atoms with Crippen LogP contribution in [0, 0.1) is 0 Å². The Morgan fingerprint density at radius 2 is 1.24 bits per heavy atom. The molecule has 154 valence electrons. The predicted octanol–water partition coefficient (Wildman–Crippen LogP) is 4.26. The van der Waals surface area contributed by atoms with Crippen molar-refractivity contribution < 1.29 is 9.15 Å². The molecule has 1 aromatic heterocycles. The van der Waals surface area contributed by atoms with Crippen LogP contribution in [0.25, 0.3) is 0 Å². The van der Waals surface area contributed by atoms with Crippen LogP contribution in [0.3, 0.4) is 0 Å². The van der Waals surface area contributed by atoms with Gasteiger partial charge in [-0.05, 0) is 13.0 Å². The van der Waals surface area contributed by atoms with Gasteiger partial charge in [0.1, 0.15) is 11.7 Å². The van der Waals surface area contributed by atoms with Crippen LogP contribution in [0.1, 0.15) is 69.2 Å². The molecule has 1 atom stereocenters. The second kappa shape index (κ2) is 6.05. The maximum Gasteiger partial charge on any atom is 0.400 e. The van der Waals surface area contributed by atoms with E-state index in [-0.39, 0.29) is 29.7 Å². The zero-order valence-electron chi connectivity index (χ0n) is 14.1. The highest BCUT2D eigenvalue weighted by Gasteiger charge is 2.68. The summed E-state index contributed by atoms with van der Waals surface area (Å²) in [6, 6.07) is 4.15. The quantitative estimate of drug-likeness (QED) is 0.604. The summed E-state index contributed by atoms with van der Waals surface area (Å²) in [5, 5.41) is 0. The van der Waals surface area contributed by atoms with Gasteiger partial charge in [-0.1, -0.05) is 44.7 Å². The van der Waals surface area contributed by atoms with Crippen molar-refractivity contribution in [3.8, 4) is 0 Å². The van der Waals surface area contributed by atoms with E-state index in [1.165, 1.54) is 0 Å². The number of hydrogen-bond donors (Lipinski definition) is 0. The van der Waals surface area contributed by atoms with E-state index in [9.17, 15) is 0 Å². The molecule has 6 aliphatic heterocycles. The molecule has 7 rings (SSSR count). The van der Waals surface area contributed by atoms with Gasteiger partial charge in [0.25, 0.3) is 0 Å². The molecule has 0 N–H and O–H groups in total. The fourth-order valence-corrected chi connectivity index (χ4v) is 5.21. The van der Waals surface area contributed by atoms with Gasteiger partial charge in [-0.15, -0.1) is 0 Å². The molecule has 0 amide bonds. The molecule has 0 bridgehead atoms. The Labute approximate surface area is 173 Å². The van der Waals surface area contributed by atoms with Crippen molar-refractivity contribution in [1.29, 1.82) is 0 Å². The highest BCUT2D eigenvalue weighted by molar-refractivity contribution is 6.11. The monoisotopic (exact) mass is 396 g/mol. The Kier molecular flexibility index (Phi) is 4.34. The van der Waals surface area contributed by atoms with Gasteiger partial charge in [0.15, 0.2) is 5.84 Å². The van der Waals surface area contributed by atoms with Gasteiger partial charge in [0.2, 0.25) is 29.2 Å². The number of hydrogen-bond acceptors (Lipinski definition) is 5. The van der Waals surface area contributed by atoms with E-state index >= 15 is 0 Å². The van der Waals surface area contributed by atoms with E-state index in [2.05, 4.69) is 44.6 Å². The second-order valence-electron chi connectivity index (χ2n) is 7.20. The van der Waals surface area contributed by atoms with E-state index in [0.29, 0.717) is 0 Å². The van der Waals surface area contributed by atoms with Crippen LogP contribution < -0.4 is 0 Å². The Bertz CT molecular complexity index is 1120. The first kappa shape index (κ1) is 20.8. The van der Waals surface area contributed by atoms with E-state index in [1.807, 2.05) is 0 Å². The molecule has 29 heavy (non-hydrogen) atoms. The minimum atomic E-state index is -0.558. The Morgan fingerprint density at radius 3 is 1.90 bits per heavy atom. The van der Waals surface area contributed by atoms with Crippen LogP contribution in [0.2, 0.25) is 0 Å². The molecule has 0 saturated carbocycles. The molecule has 7 heterocycles. The molecule has 0 fully saturated rings. The summed E-state index contributed by atoms with van der Waals surface area (Å²) in [5.74, 6) is 7.71. The summed E-state index contributed by atoms with van der Waals surface area (Å²) < 4.78 is 6.91. The number of aliphatic imine (C=N–C) groups is 4. The Balaban J connectivity index is 0.000000601. The fourth-order valence-electron chi connectivity index (χ4n) is 5.21. The van der Waals surface area contributed by atoms with Gasteiger partial charge < -0.3 is 0 Å². The van der Waals surface area contributed by atoms with Crippen LogP contribution in [0.5, 0.6) is 0 Å². The first-order valence-corrected chi connectivity index (χ1v) is 8.80. The van der Waals surface area contributed by atoms with E-state index in [4.69, 9.17) is 20.0 Å². The molecular formula is C21H32N8+2. The molecule has 8 nitrogen and oxygen atoms in total. The van der Waals surface area contributed by atoms with Crippen molar-refractivity contribution in [2.45, 2.75) is 75.1 Å². The smallest absolute Gasteiger partial charge is 0.217 e. The molecule has 1 aromatic rings. The summed E-state index contributed by atoms with van der Waals surface area (Å²) in [7, 11) is 0. The second-order valence-corrected chi connectivity index (χ2v) is 7.20. The zero-order chi connectivity index (χ0) is 16.5. The van der Waals surface area contributed by atoms with Crippen LogP contribution >= 0.6 is 0 Å². The maximum absolute atomic E-state index is 5.00. The highest BCUT2D eigenvalue weighted by Crippen LogP contribution is 2.48. The summed E-state index contributed by atoms with van der Waals surface area (Å²) in [6.07, 6.45) is 3.74. The van der Waals surface area contributed by atoms with Crippen LogP contribution in [0.15, 0.2) is 32.1 Å². The molecular weight excluding hydrogens is 364 g/mol. The maximum atomic E-state index is 5.00. The van der Waals surface area contributed by atoms with Gasteiger partial charge in [0.05, 0.1) is 0 Å². The number of amidine groups is 6. The molecule has 0 unspecified atom stereocenters. The van der Waals surface area contributed by atoms with Crippen LogP contribution in [-0.2, 0) is 5.91 Å². The average Bonchev–Trinajstić information content (AvgIpc) is 3.28. The Hall–Kier alpha value is -2.90. The first-order valence-electron chi connectivity index (χ1n) is 8.80. The van der Waals surface area contributed by atoms with Crippen molar-refractivity contribution in [3.05, 3.63) is 12.1 Å². The predicted molar refractivity (Wildman–Crippen MR) is 121 cm³/mol. The summed E-state index contributed by atoms with van der Waals surface area (Å²) in [6.45, 7) is 4.15. The summed E-state index contributed by atoms with van der Waals surface area (Å²) in [4.78, 5) is 21.9. The molecule has 0 saturated heterocycles. The highest BCUT2D eigenvalue weighted by atomic mass is 15.7. The number of nitrogens with zero attached hydrogens (tertiary/aromatic N) is 8. The lowest BCUT2D eigenvalue weighted by Crippen LogP contribution is -2.73. The van der Waals surface area contributed by atoms with Gasteiger partial charge >= 0.3 is 5.91 Å². The van der Waals surface area contributed by atoms with Crippen molar-refractivity contribution >= 4 is 46.6 Å². The molecule has 0 aromatic carbocycles. The van der Waals surface area contributed by atoms with Gasteiger partial charge in [0, 0.05) is 38.7 Å². The summed E-state index contributed by atoms with van der Waals surface area (Å²) >= 11 is 0. The molecule has 8 heteroatoms. The van der Waals surface area contributed by atoms with Crippen molar-refractivity contribution in [2.24, 2.45) is 20.0 Å².